The van der Waals surface area contributed by atoms with E-state index in [-0.39, 0.29) is 11.1 Å². The van der Waals surface area contributed by atoms with Gasteiger partial charge in [0.25, 0.3) is 0 Å². The Kier molecular flexibility index (Phi) is 2.65. The van der Waals surface area contributed by atoms with Crippen molar-refractivity contribution in [1.82, 2.24) is 15.3 Å². The number of hydrogen-bond donors (Lipinski definition) is 1. The van der Waals surface area contributed by atoms with E-state index in [4.69, 9.17) is 0 Å². The molecule has 0 aliphatic heterocycles. The molecule has 17 heavy (non-hydrogen) atoms. The normalized spacial score (nSPS) is 17.5. The number of aromatic nitrogens is 2. The van der Waals surface area contributed by atoms with Crippen LogP contribution in [0.25, 0.3) is 0 Å². The Morgan fingerprint density at radius 3 is 2.59 bits per heavy atom. The first-order valence-electron chi connectivity index (χ1n) is 5.16. The van der Waals surface area contributed by atoms with Crippen LogP contribution in [0.15, 0.2) is 17.4 Å². The van der Waals surface area contributed by atoms with Crippen LogP contribution < -0.4 is 5.32 Å². The molecule has 1 fully saturated rings. The Labute approximate surface area is 99.4 Å². The van der Waals surface area contributed by atoms with Gasteiger partial charge in [0.05, 0.1) is 11.2 Å². The average molecular weight is 255 g/mol. The molecule has 0 aromatic carbocycles. The molecular formula is C10H13N3O3S. The van der Waals surface area contributed by atoms with Gasteiger partial charge in [-0.15, -0.1) is 0 Å². The zero-order valence-corrected chi connectivity index (χ0v) is 10.4. The summed E-state index contributed by atoms with van der Waals surface area (Å²) in [7, 11) is -3.42. The van der Waals surface area contributed by atoms with Crippen LogP contribution in [-0.2, 0) is 20.2 Å². The van der Waals surface area contributed by atoms with Crippen molar-refractivity contribution in [1.29, 1.82) is 0 Å². The SMILES string of the molecule is CC(=O)NC1(c2ccnc(S(C)(=O)=O)n2)CC1. The Morgan fingerprint density at radius 1 is 1.47 bits per heavy atom. The molecule has 1 N–H and O–H groups in total. The lowest BCUT2D eigenvalue weighted by Gasteiger charge is -2.15. The van der Waals surface area contributed by atoms with Gasteiger partial charge in [-0.05, 0) is 18.9 Å². The minimum atomic E-state index is -3.42. The molecule has 1 amide bonds. The monoisotopic (exact) mass is 255 g/mol. The van der Waals surface area contributed by atoms with Crippen LogP contribution in [0.5, 0.6) is 0 Å². The highest BCUT2D eigenvalue weighted by Crippen LogP contribution is 2.44. The van der Waals surface area contributed by atoms with Crippen molar-refractivity contribution in [3.8, 4) is 0 Å². The van der Waals surface area contributed by atoms with Crippen molar-refractivity contribution < 1.29 is 13.2 Å². The van der Waals surface area contributed by atoms with Gasteiger partial charge in [0.2, 0.25) is 20.9 Å². The Bertz CT molecular complexity index is 564. The molecule has 92 valence electrons. The van der Waals surface area contributed by atoms with Crippen LogP contribution in [0, 0.1) is 0 Å². The molecule has 7 heteroatoms. The highest BCUT2D eigenvalue weighted by atomic mass is 32.2. The fourth-order valence-electron chi connectivity index (χ4n) is 1.69. The summed E-state index contributed by atoms with van der Waals surface area (Å²) in [5.41, 5.74) is 0.0666. The Morgan fingerprint density at radius 2 is 2.12 bits per heavy atom. The van der Waals surface area contributed by atoms with Crippen molar-refractivity contribution in [3.05, 3.63) is 18.0 Å². The molecule has 2 rings (SSSR count). The summed E-state index contributed by atoms with van der Waals surface area (Å²) in [6.45, 7) is 1.43. The standard InChI is InChI=1S/C10H13N3O3S/c1-7(14)13-10(4-5-10)8-3-6-11-9(12-8)17(2,15)16/h3,6H,4-5H2,1-2H3,(H,13,14). The van der Waals surface area contributed by atoms with E-state index in [1.165, 1.54) is 13.1 Å². The van der Waals surface area contributed by atoms with Gasteiger partial charge >= 0.3 is 0 Å². The zero-order chi connectivity index (χ0) is 12.7. The van der Waals surface area contributed by atoms with Crippen molar-refractivity contribution >= 4 is 15.7 Å². The number of hydrogen-bond acceptors (Lipinski definition) is 5. The summed E-state index contributed by atoms with van der Waals surface area (Å²) in [5.74, 6) is -0.151. The topological polar surface area (TPSA) is 89.0 Å². The molecule has 1 aliphatic carbocycles. The molecule has 0 bridgehead atoms. The Balaban J connectivity index is 2.38. The van der Waals surface area contributed by atoms with Crippen LogP contribution in [0.1, 0.15) is 25.5 Å². The third kappa shape index (κ3) is 2.44. The number of carbonyl (C=O) groups excluding carboxylic acids is 1. The number of sulfone groups is 1. The lowest BCUT2D eigenvalue weighted by atomic mass is 10.2. The maximum absolute atomic E-state index is 11.3. The minimum Gasteiger partial charge on any atom is -0.345 e. The average Bonchev–Trinajstić information content (AvgIpc) is 2.97. The van der Waals surface area contributed by atoms with E-state index in [0.29, 0.717) is 5.69 Å². The lowest BCUT2D eigenvalue weighted by Crippen LogP contribution is -2.34. The molecule has 1 aliphatic rings. The molecule has 1 heterocycles. The van der Waals surface area contributed by atoms with E-state index in [1.807, 2.05) is 0 Å². The van der Waals surface area contributed by atoms with Gasteiger partial charge in [-0.1, -0.05) is 0 Å². The fraction of sp³-hybridized carbons (Fsp3) is 0.500. The van der Waals surface area contributed by atoms with Gasteiger partial charge in [-0.25, -0.2) is 18.4 Å². The van der Waals surface area contributed by atoms with Gasteiger partial charge in [0.15, 0.2) is 0 Å². The highest BCUT2D eigenvalue weighted by Gasteiger charge is 2.46. The smallest absolute Gasteiger partial charge is 0.247 e. The zero-order valence-electron chi connectivity index (χ0n) is 9.60. The first-order valence-corrected chi connectivity index (χ1v) is 7.05. The van der Waals surface area contributed by atoms with E-state index in [9.17, 15) is 13.2 Å². The first kappa shape index (κ1) is 12.0. The molecular weight excluding hydrogens is 242 g/mol. The molecule has 0 unspecified atom stereocenters. The summed E-state index contributed by atoms with van der Waals surface area (Å²) in [6.07, 6.45) is 4.00. The highest BCUT2D eigenvalue weighted by molar-refractivity contribution is 7.90. The molecule has 0 saturated heterocycles. The molecule has 1 saturated carbocycles. The van der Waals surface area contributed by atoms with E-state index in [2.05, 4.69) is 15.3 Å². The predicted octanol–water partition coefficient (Wildman–Crippen LogP) is 0.00530. The van der Waals surface area contributed by atoms with Crippen molar-refractivity contribution in [3.63, 3.8) is 0 Å². The van der Waals surface area contributed by atoms with Gasteiger partial charge < -0.3 is 5.32 Å². The number of nitrogens with one attached hydrogen (secondary N) is 1. The van der Waals surface area contributed by atoms with E-state index >= 15 is 0 Å². The summed E-state index contributed by atoms with van der Waals surface area (Å²) < 4.78 is 22.7. The summed E-state index contributed by atoms with van der Waals surface area (Å²) in [6, 6.07) is 1.64. The molecule has 0 radical (unpaired) electrons. The third-order valence-electron chi connectivity index (χ3n) is 2.62. The molecule has 0 spiro atoms. The van der Waals surface area contributed by atoms with Crippen molar-refractivity contribution in [2.24, 2.45) is 0 Å². The minimum absolute atomic E-state index is 0.151. The Hall–Kier alpha value is -1.50. The number of rotatable bonds is 3. The summed E-state index contributed by atoms with van der Waals surface area (Å²) in [4.78, 5) is 18.8. The number of amides is 1. The van der Waals surface area contributed by atoms with Crippen LogP contribution in [0.3, 0.4) is 0 Å². The second-order valence-corrected chi connectivity index (χ2v) is 6.17. The quantitative estimate of drug-likeness (QED) is 0.768. The molecule has 6 nitrogen and oxygen atoms in total. The van der Waals surface area contributed by atoms with Gasteiger partial charge in [-0.2, -0.15) is 0 Å². The second kappa shape index (κ2) is 3.76. The van der Waals surface area contributed by atoms with Crippen LogP contribution >= 0.6 is 0 Å². The first-order chi connectivity index (χ1) is 7.83. The fourth-order valence-corrected chi connectivity index (χ4v) is 2.21. The van der Waals surface area contributed by atoms with E-state index < -0.39 is 15.4 Å². The van der Waals surface area contributed by atoms with E-state index in [0.717, 1.165) is 19.1 Å². The van der Waals surface area contributed by atoms with Gasteiger partial charge in [0.1, 0.15) is 0 Å². The largest absolute Gasteiger partial charge is 0.345 e. The third-order valence-corrected chi connectivity index (χ3v) is 3.48. The van der Waals surface area contributed by atoms with Gasteiger partial charge in [0, 0.05) is 19.4 Å². The molecule has 1 aromatic heterocycles. The number of nitrogens with zero attached hydrogens (tertiary/aromatic N) is 2. The van der Waals surface area contributed by atoms with Crippen LogP contribution in [0.2, 0.25) is 0 Å². The molecule has 1 aromatic rings. The van der Waals surface area contributed by atoms with Crippen molar-refractivity contribution in [2.75, 3.05) is 6.26 Å². The maximum Gasteiger partial charge on any atom is 0.247 e. The lowest BCUT2D eigenvalue weighted by molar-refractivity contribution is -0.120. The van der Waals surface area contributed by atoms with E-state index in [1.54, 1.807) is 6.07 Å². The van der Waals surface area contributed by atoms with Crippen LogP contribution in [0.4, 0.5) is 0 Å². The summed E-state index contributed by atoms with van der Waals surface area (Å²) in [5, 5.41) is 2.60. The second-order valence-electron chi connectivity index (χ2n) is 4.26. The summed E-state index contributed by atoms with van der Waals surface area (Å²) >= 11 is 0. The number of carbonyl (C=O) groups is 1. The van der Waals surface area contributed by atoms with Crippen LogP contribution in [-0.4, -0.2) is 30.5 Å². The maximum atomic E-state index is 11.3. The van der Waals surface area contributed by atoms with Gasteiger partial charge in [-0.3, -0.25) is 4.79 Å². The predicted molar refractivity (Wildman–Crippen MR) is 59.9 cm³/mol. The molecule has 0 atom stereocenters. The van der Waals surface area contributed by atoms with Crippen molar-refractivity contribution in [2.45, 2.75) is 30.5 Å².